The monoisotopic (exact) mass is 319 g/mol. The van der Waals surface area contributed by atoms with Gasteiger partial charge >= 0.3 is 11.8 Å². The van der Waals surface area contributed by atoms with Gasteiger partial charge in [-0.05, 0) is 13.3 Å². The number of nitrogens with zero attached hydrogens (tertiary/aromatic N) is 2. The molecule has 0 aromatic carbocycles. The van der Waals surface area contributed by atoms with Gasteiger partial charge in [0.2, 0.25) is 0 Å². The Bertz CT molecular complexity index is 544. The van der Waals surface area contributed by atoms with Crippen LogP contribution < -0.4 is 5.32 Å². The molecule has 9 heteroatoms. The number of nitrogens with one attached hydrogen (secondary N) is 1. The number of carbonyl (C=O) groups is 2. The number of hydrogen-bond acceptors (Lipinski definition) is 6. The molecule has 0 bridgehead atoms. The molecule has 1 N–H and O–H groups in total. The Morgan fingerprint density at radius 3 is 2.75 bits per heavy atom. The molecule has 1 atom stereocenters. The average molecular weight is 319 g/mol. The van der Waals surface area contributed by atoms with Gasteiger partial charge in [-0.25, -0.2) is 8.42 Å². The highest BCUT2D eigenvalue weighted by Crippen LogP contribution is 2.18. The van der Waals surface area contributed by atoms with Crippen molar-refractivity contribution >= 4 is 38.6 Å². The Hall–Kier alpha value is -1.09. The van der Waals surface area contributed by atoms with Gasteiger partial charge in [-0.15, -0.1) is 0 Å². The highest BCUT2D eigenvalue weighted by Gasteiger charge is 2.36. The van der Waals surface area contributed by atoms with E-state index in [1.165, 1.54) is 16.7 Å². The van der Waals surface area contributed by atoms with E-state index in [9.17, 15) is 18.0 Å². The summed E-state index contributed by atoms with van der Waals surface area (Å²) >= 11 is 1.39. The van der Waals surface area contributed by atoms with Crippen molar-refractivity contribution in [1.82, 2.24) is 10.2 Å². The van der Waals surface area contributed by atoms with E-state index < -0.39 is 27.7 Å². The van der Waals surface area contributed by atoms with E-state index in [0.717, 1.165) is 5.75 Å². The van der Waals surface area contributed by atoms with Crippen molar-refractivity contribution in [2.45, 2.75) is 19.4 Å². The van der Waals surface area contributed by atoms with Gasteiger partial charge in [0.25, 0.3) is 0 Å². The molecule has 7 nitrogen and oxygen atoms in total. The maximum Gasteiger partial charge on any atom is 0.315 e. The second-order valence-corrected chi connectivity index (χ2v) is 7.95. The standard InChI is InChI=1S/C11H17N3O4S2/c1-2-14(8-3-6-20(17,18)7-8)10(16)9(15)13-11-12-4-5-19-11/h8H,2-7H2,1H3,(H,12,13,15). The lowest BCUT2D eigenvalue weighted by molar-refractivity contribution is -0.146. The zero-order valence-corrected chi connectivity index (χ0v) is 12.8. The summed E-state index contributed by atoms with van der Waals surface area (Å²) in [6.45, 7) is 2.68. The molecule has 0 aromatic heterocycles. The van der Waals surface area contributed by atoms with E-state index >= 15 is 0 Å². The molecule has 2 amide bonds. The van der Waals surface area contributed by atoms with Crippen molar-refractivity contribution in [3.8, 4) is 0 Å². The number of amidine groups is 1. The highest BCUT2D eigenvalue weighted by molar-refractivity contribution is 8.14. The van der Waals surface area contributed by atoms with Gasteiger partial charge in [-0.1, -0.05) is 11.8 Å². The fourth-order valence-corrected chi connectivity index (χ4v) is 4.73. The quantitative estimate of drug-likeness (QED) is 0.675. The lowest BCUT2D eigenvalue weighted by atomic mass is 10.2. The zero-order chi connectivity index (χ0) is 14.8. The van der Waals surface area contributed by atoms with Crippen LogP contribution in [0.4, 0.5) is 0 Å². The molecule has 1 unspecified atom stereocenters. The Balaban J connectivity index is 2.00. The third-order valence-corrected chi connectivity index (χ3v) is 5.89. The molecule has 20 heavy (non-hydrogen) atoms. The zero-order valence-electron chi connectivity index (χ0n) is 11.2. The minimum atomic E-state index is -3.09. The summed E-state index contributed by atoms with van der Waals surface area (Å²) in [4.78, 5) is 29.4. The van der Waals surface area contributed by atoms with Crippen molar-refractivity contribution in [2.24, 2.45) is 4.99 Å². The summed E-state index contributed by atoms with van der Waals surface area (Å²) in [5.41, 5.74) is 0. The molecule has 0 aromatic rings. The maximum absolute atomic E-state index is 12.1. The summed E-state index contributed by atoms with van der Waals surface area (Å²) in [6.07, 6.45) is 0.394. The summed E-state index contributed by atoms with van der Waals surface area (Å²) in [5.74, 6) is -0.627. The minimum Gasteiger partial charge on any atom is -0.331 e. The fourth-order valence-electron chi connectivity index (χ4n) is 2.28. The third kappa shape index (κ3) is 3.51. The van der Waals surface area contributed by atoms with Gasteiger partial charge in [0.05, 0.1) is 18.1 Å². The number of likely N-dealkylation sites (N-methyl/N-ethyl adjacent to an activating group) is 1. The van der Waals surface area contributed by atoms with Crippen LogP contribution in [0.2, 0.25) is 0 Å². The first-order valence-electron chi connectivity index (χ1n) is 6.42. The summed E-state index contributed by atoms with van der Waals surface area (Å²) in [6, 6.07) is -0.401. The van der Waals surface area contributed by atoms with E-state index in [0.29, 0.717) is 24.7 Å². The lowest BCUT2D eigenvalue weighted by Crippen LogP contribution is -2.49. The van der Waals surface area contributed by atoms with Crippen molar-refractivity contribution in [1.29, 1.82) is 0 Å². The highest BCUT2D eigenvalue weighted by atomic mass is 32.2. The second-order valence-electron chi connectivity index (χ2n) is 4.64. The number of thioether (sulfide) groups is 1. The first-order chi connectivity index (χ1) is 9.43. The summed E-state index contributed by atoms with van der Waals surface area (Å²) < 4.78 is 22.9. The van der Waals surface area contributed by atoms with Crippen LogP contribution in [0.5, 0.6) is 0 Å². The minimum absolute atomic E-state index is 0.0600. The molecule has 0 aliphatic carbocycles. The van der Waals surface area contributed by atoms with Crippen molar-refractivity contribution in [3.05, 3.63) is 0 Å². The number of carbonyl (C=O) groups excluding carboxylic acids is 2. The van der Waals surface area contributed by atoms with Crippen LogP contribution in [0, 0.1) is 0 Å². The van der Waals surface area contributed by atoms with E-state index in [1.54, 1.807) is 6.92 Å². The number of aliphatic imine (C=N–C) groups is 1. The van der Waals surface area contributed by atoms with Crippen molar-refractivity contribution in [2.75, 3.05) is 30.3 Å². The van der Waals surface area contributed by atoms with Gasteiger partial charge in [0.1, 0.15) is 0 Å². The molecule has 2 rings (SSSR count). The first-order valence-corrected chi connectivity index (χ1v) is 9.23. The van der Waals surface area contributed by atoms with Crippen LogP contribution in [-0.4, -0.2) is 66.7 Å². The Kier molecular flexibility index (Phi) is 4.69. The van der Waals surface area contributed by atoms with E-state index in [2.05, 4.69) is 10.3 Å². The molecule has 0 radical (unpaired) electrons. The second kappa shape index (κ2) is 6.13. The number of rotatable bonds is 2. The molecule has 2 aliphatic heterocycles. The SMILES string of the molecule is CCN(C(=O)C(=O)NC1=NCCS1)C1CCS(=O)(=O)C1. The van der Waals surface area contributed by atoms with Crippen molar-refractivity contribution < 1.29 is 18.0 Å². The molecule has 2 heterocycles. The van der Waals surface area contributed by atoms with Gasteiger partial charge in [-0.3, -0.25) is 19.9 Å². The van der Waals surface area contributed by atoms with Crippen LogP contribution in [0.25, 0.3) is 0 Å². The normalized spacial score (nSPS) is 24.2. The summed E-state index contributed by atoms with van der Waals surface area (Å²) in [7, 11) is -3.09. The molecule has 112 valence electrons. The van der Waals surface area contributed by atoms with Gasteiger partial charge in [0, 0.05) is 18.3 Å². The Morgan fingerprint density at radius 2 is 2.25 bits per heavy atom. The van der Waals surface area contributed by atoms with E-state index in [1.807, 2.05) is 0 Å². The van der Waals surface area contributed by atoms with E-state index in [4.69, 9.17) is 0 Å². The van der Waals surface area contributed by atoms with Gasteiger partial charge in [-0.2, -0.15) is 0 Å². The van der Waals surface area contributed by atoms with Crippen molar-refractivity contribution in [3.63, 3.8) is 0 Å². The Morgan fingerprint density at radius 1 is 1.50 bits per heavy atom. The molecule has 1 saturated heterocycles. The predicted octanol–water partition coefficient (Wildman–Crippen LogP) is -0.759. The van der Waals surface area contributed by atoms with Gasteiger partial charge < -0.3 is 4.90 Å². The summed E-state index contributed by atoms with van der Waals surface area (Å²) in [5, 5.41) is 2.93. The number of amides is 2. The largest absolute Gasteiger partial charge is 0.331 e. The maximum atomic E-state index is 12.1. The molecule has 1 fully saturated rings. The fraction of sp³-hybridized carbons (Fsp3) is 0.727. The topological polar surface area (TPSA) is 95.9 Å². The van der Waals surface area contributed by atoms with E-state index in [-0.39, 0.29) is 11.5 Å². The van der Waals surface area contributed by atoms with Gasteiger partial charge in [0.15, 0.2) is 15.0 Å². The van der Waals surface area contributed by atoms with Crippen LogP contribution in [0.15, 0.2) is 4.99 Å². The first kappa shape index (κ1) is 15.3. The molecular formula is C11H17N3O4S2. The van der Waals surface area contributed by atoms with Crippen LogP contribution >= 0.6 is 11.8 Å². The van der Waals surface area contributed by atoms with Crippen LogP contribution in [0.3, 0.4) is 0 Å². The van der Waals surface area contributed by atoms with Crippen LogP contribution in [-0.2, 0) is 19.4 Å². The smallest absolute Gasteiger partial charge is 0.315 e. The molecule has 0 spiro atoms. The average Bonchev–Trinajstić information content (AvgIpc) is 3.00. The Labute approximate surface area is 122 Å². The predicted molar refractivity (Wildman–Crippen MR) is 77.3 cm³/mol. The third-order valence-electron chi connectivity index (χ3n) is 3.25. The lowest BCUT2D eigenvalue weighted by Gasteiger charge is -2.25. The number of hydrogen-bond donors (Lipinski definition) is 1. The molecule has 2 aliphatic rings. The number of sulfone groups is 1. The molecule has 0 saturated carbocycles. The van der Waals surface area contributed by atoms with Crippen LogP contribution in [0.1, 0.15) is 13.3 Å². The molecular weight excluding hydrogens is 302 g/mol.